The standard InChI is InChI=1S/C7H14BrNO/c1-4-7(8,5(2)3)6(9)10/h5H,4H2,1-3H3,(H2,9,10)/t7-/m1/s1. The number of carbonyl (C=O) groups is 1. The molecule has 0 unspecified atom stereocenters. The second-order valence-corrected chi connectivity index (χ2v) is 4.15. The Morgan fingerprint density at radius 2 is 2.10 bits per heavy atom. The molecule has 0 spiro atoms. The smallest absolute Gasteiger partial charge is 0.234 e. The largest absolute Gasteiger partial charge is 0.368 e. The molecule has 1 amide bonds. The van der Waals surface area contributed by atoms with Crippen molar-refractivity contribution in [2.45, 2.75) is 31.5 Å². The summed E-state index contributed by atoms with van der Waals surface area (Å²) in [6, 6.07) is 0. The molecule has 0 aromatic carbocycles. The van der Waals surface area contributed by atoms with Crippen LogP contribution in [0.4, 0.5) is 0 Å². The molecule has 0 radical (unpaired) electrons. The Hall–Kier alpha value is -0.0500. The average molecular weight is 208 g/mol. The van der Waals surface area contributed by atoms with Gasteiger partial charge in [0.15, 0.2) is 0 Å². The Morgan fingerprint density at radius 1 is 1.70 bits per heavy atom. The molecule has 0 aliphatic heterocycles. The van der Waals surface area contributed by atoms with Gasteiger partial charge in [0.1, 0.15) is 4.32 Å². The maximum atomic E-state index is 10.9. The Balaban J connectivity index is 4.38. The van der Waals surface area contributed by atoms with E-state index in [-0.39, 0.29) is 11.8 Å². The van der Waals surface area contributed by atoms with Gasteiger partial charge in [-0.25, -0.2) is 0 Å². The number of carbonyl (C=O) groups excluding carboxylic acids is 1. The second-order valence-electron chi connectivity index (χ2n) is 2.73. The lowest BCUT2D eigenvalue weighted by atomic mass is 9.92. The Bertz CT molecular complexity index is 136. The first-order chi connectivity index (χ1) is 4.45. The van der Waals surface area contributed by atoms with E-state index in [2.05, 4.69) is 15.9 Å². The molecular formula is C7H14BrNO. The Labute approximate surface area is 70.3 Å². The van der Waals surface area contributed by atoms with E-state index in [4.69, 9.17) is 5.73 Å². The van der Waals surface area contributed by atoms with Crippen LogP contribution in [0.1, 0.15) is 27.2 Å². The summed E-state index contributed by atoms with van der Waals surface area (Å²) in [6.45, 7) is 5.89. The molecule has 1 atom stereocenters. The van der Waals surface area contributed by atoms with Crippen molar-refractivity contribution in [3.8, 4) is 0 Å². The molecule has 0 aliphatic rings. The van der Waals surface area contributed by atoms with Gasteiger partial charge < -0.3 is 5.73 Å². The number of primary amides is 1. The first-order valence-corrected chi connectivity index (χ1v) is 4.23. The summed E-state index contributed by atoms with van der Waals surface area (Å²) in [5.41, 5.74) is 5.20. The molecule has 0 heterocycles. The van der Waals surface area contributed by atoms with Gasteiger partial charge in [0.2, 0.25) is 5.91 Å². The molecule has 10 heavy (non-hydrogen) atoms. The third-order valence-electron chi connectivity index (χ3n) is 1.84. The van der Waals surface area contributed by atoms with E-state index in [0.29, 0.717) is 0 Å². The van der Waals surface area contributed by atoms with Gasteiger partial charge in [0.05, 0.1) is 0 Å². The van der Waals surface area contributed by atoms with Gasteiger partial charge in [0, 0.05) is 0 Å². The van der Waals surface area contributed by atoms with Crippen LogP contribution in [-0.2, 0) is 4.79 Å². The zero-order valence-electron chi connectivity index (χ0n) is 6.65. The van der Waals surface area contributed by atoms with E-state index in [1.807, 2.05) is 20.8 Å². The maximum absolute atomic E-state index is 10.9. The fraction of sp³-hybridized carbons (Fsp3) is 0.857. The highest BCUT2D eigenvalue weighted by molar-refractivity contribution is 9.10. The lowest BCUT2D eigenvalue weighted by Crippen LogP contribution is -2.42. The molecule has 0 bridgehead atoms. The number of halogens is 1. The number of hydrogen-bond donors (Lipinski definition) is 1. The maximum Gasteiger partial charge on any atom is 0.234 e. The van der Waals surface area contributed by atoms with Crippen molar-refractivity contribution in [1.29, 1.82) is 0 Å². The van der Waals surface area contributed by atoms with Crippen molar-refractivity contribution in [3.05, 3.63) is 0 Å². The predicted molar refractivity (Wildman–Crippen MR) is 46.0 cm³/mol. The van der Waals surface area contributed by atoms with E-state index < -0.39 is 4.32 Å². The van der Waals surface area contributed by atoms with Crippen LogP contribution in [0, 0.1) is 5.92 Å². The van der Waals surface area contributed by atoms with Crippen LogP contribution in [0.3, 0.4) is 0 Å². The summed E-state index contributed by atoms with van der Waals surface area (Å²) in [7, 11) is 0. The van der Waals surface area contributed by atoms with Gasteiger partial charge in [-0.1, -0.05) is 36.7 Å². The summed E-state index contributed by atoms with van der Waals surface area (Å²) >= 11 is 3.34. The lowest BCUT2D eigenvalue weighted by molar-refractivity contribution is -0.121. The fourth-order valence-corrected chi connectivity index (χ4v) is 0.867. The van der Waals surface area contributed by atoms with E-state index in [1.54, 1.807) is 0 Å². The quantitative estimate of drug-likeness (QED) is 0.704. The Morgan fingerprint density at radius 3 is 2.10 bits per heavy atom. The summed E-state index contributed by atoms with van der Waals surface area (Å²) in [5.74, 6) is -0.0278. The van der Waals surface area contributed by atoms with Crippen LogP contribution in [-0.4, -0.2) is 10.2 Å². The minimum atomic E-state index is -0.507. The molecule has 0 aromatic rings. The van der Waals surface area contributed by atoms with Crippen LogP contribution in [0.15, 0.2) is 0 Å². The molecule has 0 saturated carbocycles. The second kappa shape index (κ2) is 3.37. The first-order valence-electron chi connectivity index (χ1n) is 3.44. The van der Waals surface area contributed by atoms with Crippen molar-refractivity contribution >= 4 is 21.8 Å². The molecule has 0 rings (SSSR count). The normalized spacial score (nSPS) is 16.9. The van der Waals surface area contributed by atoms with Crippen LogP contribution in [0.25, 0.3) is 0 Å². The van der Waals surface area contributed by atoms with Crippen LogP contribution in [0.5, 0.6) is 0 Å². The zero-order chi connectivity index (χ0) is 8.36. The number of amides is 1. The van der Waals surface area contributed by atoms with Gasteiger partial charge >= 0.3 is 0 Å². The van der Waals surface area contributed by atoms with Gasteiger partial charge in [-0.05, 0) is 12.3 Å². The number of nitrogens with two attached hydrogens (primary N) is 1. The van der Waals surface area contributed by atoms with Gasteiger partial charge in [-0.3, -0.25) is 4.79 Å². The molecule has 0 aliphatic carbocycles. The number of hydrogen-bond acceptors (Lipinski definition) is 1. The predicted octanol–water partition coefficient (Wildman–Crippen LogP) is 1.67. The lowest BCUT2D eigenvalue weighted by Gasteiger charge is -2.26. The summed E-state index contributed by atoms with van der Waals surface area (Å²) in [6.07, 6.45) is 0.736. The molecule has 0 aromatic heterocycles. The minimum Gasteiger partial charge on any atom is -0.368 e. The highest BCUT2D eigenvalue weighted by Gasteiger charge is 2.34. The highest BCUT2D eigenvalue weighted by atomic mass is 79.9. The highest BCUT2D eigenvalue weighted by Crippen LogP contribution is 2.30. The van der Waals surface area contributed by atoms with Gasteiger partial charge in [-0.15, -0.1) is 0 Å². The Kier molecular flexibility index (Phi) is 3.36. The fourth-order valence-electron chi connectivity index (χ4n) is 0.867. The monoisotopic (exact) mass is 207 g/mol. The van der Waals surface area contributed by atoms with Crippen molar-refractivity contribution in [2.75, 3.05) is 0 Å². The minimum absolute atomic E-state index is 0.245. The summed E-state index contributed by atoms with van der Waals surface area (Å²) < 4.78 is -0.507. The summed E-state index contributed by atoms with van der Waals surface area (Å²) in [5, 5.41) is 0. The van der Waals surface area contributed by atoms with E-state index in [9.17, 15) is 4.79 Å². The van der Waals surface area contributed by atoms with Gasteiger partial charge in [-0.2, -0.15) is 0 Å². The van der Waals surface area contributed by atoms with E-state index in [1.165, 1.54) is 0 Å². The molecule has 0 fully saturated rings. The zero-order valence-corrected chi connectivity index (χ0v) is 8.23. The van der Waals surface area contributed by atoms with Crippen LogP contribution < -0.4 is 5.73 Å². The SMILES string of the molecule is CC[C@](Br)(C(N)=O)C(C)C. The third-order valence-corrected chi connectivity index (χ3v) is 3.71. The number of alkyl halides is 1. The molecular weight excluding hydrogens is 194 g/mol. The molecule has 3 heteroatoms. The summed E-state index contributed by atoms with van der Waals surface area (Å²) in [4.78, 5) is 10.9. The van der Waals surface area contributed by atoms with Crippen molar-refractivity contribution in [2.24, 2.45) is 11.7 Å². The average Bonchev–Trinajstić information content (AvgIpc) is 1.85. The van der Waals surface area contributed by atoms with Gasteiger partial charge in [0.25, 0.3) is 0 Å². The van der Waals surface area contributed by atoms with E-state index in [0.717, 1.165) is 6.42 Å². The van der Waals surface area contributed by atoms with Crippen LogP contribution in [0.2, 0.25) is 0 Å². The van der Waals surface area contributed by atoms with E-state index >= 15 is 0 Å². The number of rotatable bonds is 3. The van der Waals surface area contributed by atoms with Crippen molar-refractivity contribution in [1.82, 2.24) is 0 Å². The molecule has 60 valence electrons. The first kappa shape index (κ1) is 9.95. The van der Waals surface area contributed by atoms with Crippen molar-refractivity contribution < 1.29 is 4.79 Å². The topological polar surface area (TPSA) is 43.1 Å². The molecule has 0 saturated heterocycles. The third kappa shape index (κ3) is 1.72. The van der Waals surface area contributed by atoms with Crippen LogP contribution >= 0.6 is 15.9 Å². The van der Waals surface area contributed by atoms with Crippen molar-refractivity contribution in [3.63, 3.8) is 0 Å². The molecule has 2 N–H and O–H groups in total. The molecule has 2 nitrogen and oxygen atoms in total.